The molecule has 3 heterocycles. The van der Waals surface area contributed by atoms with Crippen LogP contribution in [0.4, 0.5) is 8.78 Å². The first-order valence-electron chi connectivity index (χ1n) is 12.2. The van der Waals surface area contributed by atoms with E-state index in [2.05, 4.69) is 59.7 Å². The summed E-state index contributed by atoms with van der Waals surface area (Å²) in [6, 6.07) is 13.5. The summed E-state index contributed by atoms with van der Waals surface area (Å²) < 4.78 is 31.2. The van der Waals surface area contributed by atoms with Gasteiger partial charge in [0.15, 0.2) is 5.82 Å². The fourth-order valence-corrected chi connectivity index (χ4v) is 4.71. The summed E-state index contributed by atoms with van der Waals surface area (Å²) in [6.45, 7) is 5.27. The number of piperazine rings is 1. The van der Waals surface area contributed by atoms with Crippen molar-refractivity contribution in [2.45, 2.75) is 31.7 Å². The van der Waals surface area contributed by atoms with E-state index in [0.29, 0.717) is 12.2 Å². The first kappa shape index (κ1) is 25.1. The van der Waals surface area contributed by atoms with Crippen molar-refractivity contribution in [1.29, 1.82) is 0 Å². The number of hydrogen-bond donors (Lipinski definition) is 1. The third-order valence-electron chi connectivity index (χ3n) is 6.71. The van der Waals surface area contributed by atoms with Crippen molar-refractivity contribution in [3.05, 3.63) is 89.8 Å². The van der Waals surface area contributed by atoms with Gasteiger partial charge in [-0.3, -0.25) is 4.90 Å². The summed E-state index contributed by atoms with van der Waals surface area (Å²) in [4.78, 5) is 8.70. The van der Waals surface area contributed by atoms with Crippen LogP contribution in [-0.2, 0) is 31.7 Å². The first-order valence-corrected chi connectivity index (χ1v) is 12.2. The van der Waals surface area contributed by atoms with E-state index in [4.69, 9.17) is 0 Å². The highest BCUT2D eigenvalue weighted by atomic mass is 19.1. The third-order valence-corrected chi connectivity index (χ3v) is 6.71. The first-order chi connectivity index (χ1) is 18.0. The maximum absolute atomic E-state index is 14.7. The summed E-state index contributed by atoms with van der Waals surface area (Å²) >= 11 is 0. The highest BCUT2D eigenvalue weighted by molar-refractivity contribution is 5.25. The Hall–Kier alpha value is -3.61. The lowest BCUT2D eigenvalue weighted by Crippen LogP contribution is -2.46. The van der Waals surface area contributed by atoms with Gasteiger partial charge in [0.2, 0.25) is 0 Å². The van der Waals surface area contributed by atoms with Gasteiger partial charge in [-0.15, -0.1) is 5.10 Å². The highest BCUT2D eigenvalue weighted by Gasteiger charge is 2.35. The molecule has 5 rings (SSSR count). The Morgan fingerprint density at radius 1 is 0.946 bits per heavy atom. The summed E-state index contributed by atoms with van der Waals surface area (Å²) in [7, 11) is 0. The van der Waals surface area contributed by atoms with Crippen molar-refractivity contribution in [2.75, 3.05) is 32.7 Å². The number of hydrogen-bond acceptors (Lipinski definition) is 8. The predicted molar refractivity (Wildman–Crippen MR) is 130 cm³/mol. The Morgan fingerprint density at radius 3 is 2.46 bits per heavy atom. The fraction of sp³-hybridized carbons (Fsp3) is 0.400. The Labute approximate surface area is 213 Å². The molecule has 0 saturated carbocycles. The molecule has 0 bridgehead atoms. The van der Waals surface area contributed by atoms with Crippen LogP contribution < -0.4 is 0 Å². The van der Waals surface area contributed by atoms with Gasteiger partial charge in [0, 0.05) is 57.3 Å². The third kappa shape index (κ3) is 6.21. The predicted octanol–water partition coefficient (Wildman–Crippen LogP) is 1.49. The Bertz CT molecular complexity index is 1280. The molecule has 1 atom stereocenters. The van der Waals surface area contributed by atoms with Gasteiger partial charge in [-0.1, -0.05) is 36.4 Å². The van der Waals surface area contributed by atoms with Crippen LogP contribution in [-0.4, -0.2) is 82.6 Å². The van der Waals surface area contributed by atoms with E-state index in [-0.39, 0.29) is 18.7 Å². The molecule has 0 aliphatic carbocycles. The lowest BCUT2D eigenvalue weighted by Gasteiger charge is -2.34. The summed E-state index contributed by atoms with van der Waals surface area (Å²) in [5.74, 6) is -1.01. The second-order valence-electron chi connectivity index (χ2n) is 9.35. The lowest BCUT2D eigenvalue weighted by molar-refractivity contribution is -0.00979. The smallest absolute Gasteiger partial charge is 0.152 e. The molecule has 1 fully saturated rings. The second-order valence-corrected chi connectivity index (χ2v) is 9.35. The van der Waals surface area contributed by atoms with Crippen molar-refractivity contribution in [1.82, 2.24) is 44.8 Å². The Balaban J connectivity index is 1.23. The zero-order chi connectivity index (χ0) is 25.7. The van der Waals surface area contributed by atoms with Crippen LogP contribution in [0, 0.1) is 11.6 Å². The van der Waals surface area contributed by atoms with E-state index in [1.165, 1.54) is 33.6 Å². The number of benzene rings is 2. The van der Waals surface area contributed by atoms with Gasteiger partial charge in [0.1, 0.15) is 29.9 Å². The zero-order valence-electron chi connectivity index (χ0n) is 20.4. The molecule has 0 spiro atoms. The van der Waals surface area contributed by atoms with Gasteiger partial charge in [-0.2, -0.15) is 5.10 Å². The van der Waals surface area contributed by atoms with Crippen molar-refractivity contribution >= 4 is 0 Å². The summed E-state index contributed by atoms with van der Waals surface area (Å²) in [5.41, 5.74) is -0.551. The van der Waals surface area contributed by atoms with E-state index in [0.717, 1.165) is 51.4 Å². The Morgan fingerprint density at radius 2 is 1.73 bits per heavy atom. The van der Waals surface area contributed by atoms with Crippen LogP contribution in [0.5, 0.6) is 0 Å². The van der Waals surface area contributed by atoms with E-state index in [1.54, 1.807) is 0 Å². The van der Waals surface area contributed by atoms with Crippen LogP contribution in [0.25, 0.3) is 0 Å². The fourth-order valence-electron chi connectivity index (χ4n) is 4.71. The summed E-state index contributed by atoms with van der Waals surface area (Å²) in [6.07, 6.45) is 3.31. The van der Waals surface area contributed by atoms with Crippen LogP contribution in [0.2, 0.25) is 0 Å². The minimum atomic E-state index is -1.79. The quantitative estimate of drug-likeness (QED) is 0.343. The monoisotopic (exact) mass is 509 g/mol. The van der Waals surface area contributed by atoms with E-state index in [9.17, 15) is 13.9 Å². The highest BCUT2D eigenvalue weighted by Crippen LogP contribution is 2.28. The van der Waals surface area contributed by atoms with Gasteiger partial charge in [0.05, 0.1) is 13.1 Å². The largest absolute Gasteiger partial charge is 0.381 e. The van der Waals surface area contributed by atoms with Crippen molar-refractivity contribution in [3.8, 4) is 0 Å². The molecule has 1 unspecified atom stereocenters. The maximum Gasteiger partial charge on any atom is 0.152 e. The van der Waals surface area contributed by atoms with Gasteiger partial charge < -0.3 is 10.0 Å². The molecule has 1 saturated heterocycles. The molecule has 37 heavy (non-hydrogen) atoms. The topological polar surface area (TPSA) is 101 Å². The number of nitrogens with zero attached hydrogens (tertiary/aromatic N) is 9. The van der Waals surface area contributed by atoms with E-state index in [1.807, 2.05) is 6.07 Å². The second kappa shape index (κ2) is 11.2. The number of rotatable bonds is 10. The van der Waals surface area contributed by atoms with Crippen molar-refractivity contribution in [3.63, 3.8) is 0 Å². The molecule has 2 aromatic carbocycles. The molecule has 0 amide bonds. The number of aromatic nitrogens is 7. The molecular weight excluding hydrogens is 480 g/mol. The molecular formula is C25H29F2N9O. The zero-order valence-corrected chi connectivity index (χ0v) is 20.4. The molecule has 12 heteroatoms. The van der Waals surface area contributed by atoms with Crippen molar-refractivity contribution in [2.24, 2.45) is 0 Å². The number of halogens is 2. The van der Waals surface area contributed by atoms with Crippen molar-refractivity contribution < 1.29 is 13.9 Å². The van der Waals surface area contributed by atoms with Crippen LogP contribution in [0.1, 0.15) is 17.0 Å². The lowest BCUT2D eigenvalue weighted by atomic mass is 9.92. The van der Waals surface area contributed by atoms with Gasteiger partial charge in [-0.25, -0.2) is 23.1 Å². The van der Waals surface area contributed by atoms with Gasteiger partial charge in [0.25, 0.3) is 0 Å². The summed E-state index contributed by atoms with van der Waals surface area (Å²) in [5, 5.41) is 27.6. The molecule has 1 aliphatic rings. The number of aliphatic hydroxyl groups is 1. The average Bonchev–Trinajstić information content (AvgIpc) is 3.56. The molecule has 0 radical (unpaired) electrons. The van der Waals surface area contributed by atoms with Crippen LogP contribution >= 0.6 is 0 Å². The van der Waals surface area contributed by atoms with Crippen LogP contribution in [0.3, 0.4) is 0 Å². The van der Waals surface area contributed by atoms with Gasteiger partial charge >= 0.3 is 0 Å². The molecule has 1 aliphatic heterocycles. The standard InChI is InChI=1S/C25H29F2N9O/c26-21-6-7-22(23(27)14-21)25(37,16-35-19-28-18-29-35)17-36-24(30-31-32-36)8-9-33-10-12-34(13-11-33)15-20-4-2-1-3-5-20/h1-7,14,18-19,37H,8-13,15-17H2. The maximum atomic E-state index is 14.7. The Kier molecular flexibility index (Phi) is 7.58. The number of tetrazole rings is 1. The SMILES string of the molecule is OC(Cn1cncn1)(Cn1nnnc1CCN1CCN(Cc2ccccc2)CC1)c1ccc(F)cc1F. The normalized spacial score (nSPS) is 16.6. The average molecular weight is 510 g/mol. The van der Waals surface area contributed by atoms with E-state index < -0.39 is 17.2 Å². The molecule has 2 aromatic heterocycles. The minimum Gasteiger partial charge on any atom is -0.381 e. The van der Waals surface area contributed by atoms with Gasteiger partial charge in [-0.05, 0) is 22.1 Å². The molecule has 1 N–H and O–H groups in total. The van der Waals surface area contributed by atoms with Crippen LogP contribution in [0.15, 0.2) is 61.2 Å². The van der Waals surface area contributed by atoms with E-state index >= 15 is 0 Å². The molecule has 194 valence electrons. The molecule has 4 aromatic rings. The minimum absolute atomic E-state index is 0.0691. The molecule has 10 nitrogen and oxygen atoms in total.